The molecule has 0 aromatic heterocycles. The molecule has 0 spiro atoms. The Hall–Kier alpha value is -1.54. The molecule has 1 amide bonds. The lowest BCUT2D eigenvalue weighted by Gasteiger charge is -2.10. The number of thiocarbonyl (C=S) groups is 1. The van der Waals surface area contributed by atoms with Gasteiger partial charge in [-0.1, -0.05) is 12.1 Å². The van der Waals surface area contributed by atoms with Crippen LogP contribution in [-0.4, -0.2) is 11.0 Å². The van der Waals surface area contributed by atoms with Gasteiger partial charge in [0, 0.05) is 14.8 Å². The van der Waals surface area contributed by atoms with E-state index < -0.39 is 0 Å². The first-order chi connectivity index (χ1) is 10.4. The van der Waals surface area contributed by atoms with Gasteiger partial charge in [-0.25, -0.2) is 4.39 Å². The van der Waals surface area contributed by atoms with Crippen molar-refractivity contribution in [2.45, 2.75) is 13.8 Å². The predicted molar refractivity (Wildman–Crippen MR) is 98.7 cm³/mol. The van der Waals surface area contributed by atoms with Crippen molar-refractivity contribution in [1.82, 2.24) is 5.32 Å². The van der Waals surface area contributed by atoms with Crippen molar-refractivity contribution >= 4 is 51.5 Å². The maximum atomic E-state index is 13.5. The van der Waals surface area contributed by atoms with Gasteiger partial charge >= 0.3 is 0 Å². The zero-order valence-electron chi connectivity index (χ0n) is 12.0. The molecule has 0 saturated heterocycles. The van der Waals surface area contributed by atoms with Gasteiger partial charge in [-0.15, -0.1) is 0 Å². The highest BCUT2D eigenvalue weighted by Gasteiger charge is 2.09. The molecule has 6 heteroatoms. The van der Waals surface area contributed by atoms with Gasteiger partial charge in [-0.2, -0.15) is 0 Å². The first-order valence-electron chi connectivity index (χ1n) is 6.51. The van der Waals surface area contributed by atoms with Crippen molar-refractivity contribution < 1.29 is 9.18 Å². The van der Waals surface area contributed by atoms with E-state index in [1.807, 2.05) is 13.0 Å². The molecule has 0 bridgehead atoms. The third kappa shape index (κ3) is 4.23. The van der Waals surface area contributed by atoms with Gasteiger partial charge in [0.15, 0.2) is 5.11 Å². The second-order valence-electron chi connectivity index (χ2n) is 4.84. The van der Waals surface area contributed by atoms with Crippen molar-refractivity contribution in [1.29, 1.82) is 0 Å². The molecule has 0 saturated carbocycles. The fraction of sp³-hybridized carbons (Fsp3) is 0.125. The van der Waals surface area contributed by atoms with Gasteiger partial charge < -0.3 is 5.32 Å². The third-order valence-electron chi connectivity index (χ3n) is 3.09. The Morgan fingerprint density at radius 3 is 2.45 bits per heavy atom. The Kier molecular flexibility index (Phi) is 5.47. The second-order valence-corrected chi connectivity index (χ2v) is 6.41. The molecule has 2 aromatic rings. The molecule has 0 unspecified atom stereocenters. The average molecular weight is 428 g/mol. The maximum absolute atomic E-state index is 13.5. The number of carbonyl (C=O) groups is 1. The number of hydrogen-bond acceptors (Lipinski definition) is 2. The Morgan fingerprint density at radius 2 is 1.82 bits per heavy atom. The average Bonchev–Trinajstić information content (AvgIpc) is 2.45. The van der Waals surface area contributed by atoms with Crippen LogP contribution in [-0.2, 0) is 0 Å². The first-order valence-corrected chi connectivity index (χ1v) is 8.00. The van der Waals surface area contributed by atoms with E-state index in [2.05, 4.69) is 33.2 Å². The van der Waals surface area contributed by atoms with Crippen LogP contribution in [0.1, 0.15) is 21.5 Å². The molecule has 0 aliphatic carbocycles. The van der Waals surface area contributed by atoms with Crippen molar-refractivity contribution in [3.05, 3.63) is 62.5 Å². The lowest BCUT2D eigenvalue weighted by Crippen LogP contribution is -2.34. The number of hydrogen-bond donors (Lipinski definition) is 2. The maximum Gasteiger partial charge on any atom is 0.257 e. The molecule has 2 rings (SSSR count). The van der Waals surface area contributed by atoms with Gasteiger partial charge in [0.05, 0.1) is 0 Å². The van der Waals surface area contributed by atoms with Crippen LogP contribution in [0, 0.1) is 23.2 Å². The SMILES string of the molecule is Cc1ccc(NC(=S)NC(=O)c2ccc(C)c(I)c2)cc1F. The summed E-state index contributed by atoms with van der Waals surface area (Å²) in [5.74, 6) is -0.629. The number of aryl methyl sites for hydroxylation is 2. The molecule has 0 atom stereocenters. The summed E-state index contributed by atoms with van der Waals surface area (Å²) in [6.07, 6.45) is 0. The number of benzene rings is 2. The van der Waals surface area contributed by atoms with Crippen LogP contribution in [0.25, 0.3) is 0 Å². The topological polar surface area (TPSA) is 41.1 Å². The zero-order valence-corrected chi connectivity index (χ0v) is 15.0. The van der Waals surface area contributed by atoms with Crippen LogP contribution >= 0.6 is 34.8 Å². The van der Waals surface area contributed by atoms with Crippen LogP contribution in [0.2, 0.25) is 0 Å². The van der Waals surface area contributed by atoms with E-state index in [1.54, 1.807) is 31.2 Å². The van der Waals surface area contributed by atoms with Gasteiger partial charge in [0.25, 0.3) is 5.91 Å². The summed E-state index contributed by atoms with van der Waals surface area (Å²) in [6, 6.07) is 10.1. The molecular formula is C16H14FIN2OS. The van der Waals surface area contributed by atoms with E-state index >= 15 is 0 Å². The first kappa shape index (κ1) is 16.8. The van der Waals surface area contributed by atoms with Gasteiger partial charge in [0.1, 0.15) is 5.82 Å². The Bertz CT molecular complexity index is 749. The fourth-order valence-electron chi connectivity index (χ4n) is 1.74. The predicted octanol–water partition coefficient (Wildman–Crippen LogP) is 4.17. The zero-order chi connectivity index (χ0) is 16.3. The summed E-state index contributed by atoms with van der Waals surface area (Å²) >= 11 is 7.25. The van der Waals surface area contributed by atoms with E-state index in [4.69, 9.17) is 12.2 Å². The highest BCUT2D eigenvalue weighted by Crippen LogP contribution is 2.15. The summed E-state index contributed by atoms with van der Waals surface area (Å²) in [5.41, 5.74) is 2.67. The number of halogens is 2. The van der Waals surface area contributed by atoms with Crippen LogP contribution in [0.15, 0.2) is 36.4 Å². The Labute approximate surface area is 147 Å². The summed E-state index contributed by atoms with van der Waals surface area (Å²) < 4.78 is 14.5. The summed E-state index contributed by atoms with van der Waals surface area (Å²) in [6.45, 7) is 3.65. The summed E-state index contributed by atoms with van der Waals surface area (Å²) in [7, 11) is 0. The number of anilines is 1. The standard InChI is InChI=1S/C16H14FIN2OS/c1-9-4-6-12(8-13(9)17)19-16(22)20-15(21)11-5-3-10(2)14(18)7-11/h3-8H,1-2H3,(H2,19,20,21,22). The molecule has 22 heavy (non-hydrogen) atoms. The van der Waals surface area contributed by atoms with E-state index in [0.717, 1.165) is 9.13 Å². The van der Waals surface area contributed by atoms with E-state index in [1.165, 1.54) is 6.07 Å². The van der Waals surface area contributed by atoms with E-state index in [0.29, 0.717) is 16.8 Å². The molecular weight excluding hydrogens is 414 g/mol. The smallest absolute Gasteiger partial charge is 0.257 e. The number of rotatable bonds is 2. The molecule has 0 radical (unpaired) electrons. The highest BCUT2D eigenvalue weighted by molar-refractivity contribution is 14.1. The number of amides is 1. The minimum Gasteiger partial charge on any atom is -0.332 e. The molecule has 0 fully saturated rings. The van der Waals surface area contributed by atoms with Gasteiger partial charge in [-0.05, 0) is 84.0 Å². The molecule has 0 heterocycles. The lowest BCUT2D eigenvalue weighted by atomic mass is 10.1. The second kappa shape index (κ2) is 7.15. The number of nitrogens with one attached hydrogen (secondary N) is 2. The van der Waals surface area contributed by atoms with Crippen molar-refractivity contribution in [2.24, 2.45) is 0 Å². The molecule has 114 valence electrons. The minimum absolute atomic E-state index is 0.129. The molecule has 0 aliphatic heterocycles. The lowest BCUT2D eigenvalue weighted by molar-refractivity contribution is 0.0977. The summed E-state index contributed by atoms with van der Waals surface area (Å²) in [4.78, 5) is 12.1. The van der Waals surface area contributed by atoms with Crippen molar-refractivity contribution in [3.63, 3.8) is 0 Å². The Morgan fingerprint density at radius 1 is 1.14 bits per heavy atom. The van der Waals surface area contributed by atoms with Gasteiger partial charge in [-0.3, -0.25) is 10.1 Å². The molecule has 2 N–H and O–H groups in total. The third-order valence-corrected chi connectivity index (χ3v) is 4.46. The van der Waals surface area contributed by atoms with Crippen LogP contribution in [0.5, 0.6) is 0 Å². The minimum atomic E-state index is -0.327. The quantitative estimate of drug-likeness (QED) is 0.557. The largest absolute Gasteiger partial charge is 0.332 e. The van der Waals surface area contributed by atoms with Gasteiger partial charge in [0.2, 0.25) is 0 Å². The molecule has 2 aromatic carbocycles. The van der Waals surface area contributed by atoms with Crippen molar-refractivity contribution in [2.75, 3.05) is 5.32 Å². The van der Waals surface area contributed by atoms with Crippen LogP contribution in [0.3, 0.4) is 0 Å². The van der Waals surface area contributed by atoms with E-state index in [-0.39, 0.29) is 16.8 Å². The highest BCUT2D eigenvalue weighted by atomic mass is 127. The summed E-state index contributed by atoms with van der Waals surface area (Å²) in [5, 5.41) is 5.50. The molecule has 3 nitrogen and oxygen atoms in total. The fourth-order valence-corrected chi connectivity index (χ4v) is 2.47. The van der Waals surface area contributed by atoms with Crippen LogP contribution in [0.4, 0.5) is 10.1 Å². The van der Waals surface area contributed by atoms with Crippen LogP contribution < -0.4 is 10.6 Å². The number of carbonyl (C=O) groups excluding carboxylic acids is 1. The van der Waals surface area contributed by atoms with Crippen molar-refractivity contribution in [3.8, 4) is 0 Å². The van der Waals surface area contributed by atoms with E-state index in [9.17, 15) is 9.18 Å². The monoisotopic (exact) mass is 428 g/mol. The normalized spacial score (nSPS) is 10.2. The molecule has 0 aliphatic rings. The Balaban J connectivity index is 2.03.